The largest absolute Gasteiger partial charge is 0.488 e. The van der Waals surface area contributed by atoms with Crippen LogP contribution < -0.4 is 10.1 Å². The number of carbonyl (C=O) groups excluding carboxylic acids is 1. The fourth-order valence-electron chi connectivity index (χ4n) is 1.56. The van der Waals surface area contributed by atoms with Crippen LogP contribution in [-0.4, -0.2) is 11.5 Å². The number of anilines is 1. The summed E-state index contributed by atoms with van der Waals surface area (Å²) < 4.78 is 10.6. The third-order valence-electron chi connectivity index (χ3n) is 2.32. The molecule has 2 rings (SSSR count). The van der Waals surface area contributed by atoms with Gasteiger partial charge in [-0.3, -0.25) is 4.79 Å². The van der Waals surface area contributed by atoms with E-state index in [1.54, 1.807) is 18.2 Å². The van der Waals surface area contributed by atoms with Crippen molar-refractivity contribution in [2.45, 2.75) is 26.4 Å². The second-order valence-electron chi connectivity index (χ2n) is 5.20. The van der Waals surface area contributed by atoms with Gasteiger partial charge in [-0.25, -0.2) is 0 Å². The molecule has 4 heteroatoms. The van der Waals surface area contributed by atoms with Crippen LogP contribution in [0.25, 0.3) is 0 Å². The highest BCUT2D eigenvalue weighted by Crippen LogP contribution is 2.20. The van der Waals surface area contributed by atoms with E-state index in [2.05, 4.69) is 5.32 Å². The maximum Gasteiger partial charge on any atom is 0.258 e. The lowest BCUT2D eigenvalue weighted by Crippen LogP contribution is -2.22. The number of nitrogens with one attached hydrogen (secondary N) is 1. The van der Waals surface area contributed by atoms with Crippen molar-refractivity contribution in [2.75, 3.05) is 5.32 Å². The van der Waals surface area contributed by atoms with Gasteiger partial charge in [-0.05, 0) is 51.1 Å². The predicted octanol–water partition coefficient (Wildman–Crippen LogP) is 3.71. The Balaban J connectivity index is 2.01. The summed E-state index contributed by atoms with van der Waals surface area (Å²) in [5, 5.41) is 2.78. The summed E-state index contributed by atoms with van der Waals surface area (Å²) in [6.45, 7) is 5.96. The number of benzene rings is 1. The number of rotatable bonds is 3. The molecule has 1 N–H and O–H groups in total. The molecule has 0 saturated carbocycles. The zero-order chi connectivity index (χ0) is 13.9. The molecule has 0 bridgehead atoms. The van der Waals surface area contributed by atoms with Crippen molar-refractivity contribution in [1.29, 1.82) is 0 Å². The first-order valence-corrected chi connectivity index (χ1v) is 6.07. The third-order valence-corrected chi connectivity index (χ3v) is 2.32. The molecule has 1 aromatic carbocycles. The van der Waals surface area contributed by atoms with Crippen LogP contribution in [0, 0.1) is 0 Å². The first kappa shape index (κ1) is 13.2. The lowest BCUT2D eigenvalue weighted by atomic mass is 10.2. The van der Waals surface area contributed by atoms with Crippen molar-refractivity contribution in [3.63, 3.8) is 0 Å². The lowest BCUT2D eigenvalue weighted by Gasteiger charge is -2.21. The van der Waals surface area contributed by atoms with Crippen LogP contribution in [0.4, 0.5) is 5.69 Å². The average molecular weight is 259 g/mol. The standard InChI is InChI=1S/C15H17NO3/c1-15(2,3)19-13-6-4-12(5-7-13)16-14(17)11-8-9-18-10-11/h4-10H,1-3H3,(H,16,17). The van der Waals surface area contributed by atoms with Crippen LogP contribution in [-0.2, 0) is 0 Å². The van der Waals surface area contributed by atoms with Crippen LogP contribution in [0.2, 0.25) is 0 Å². The molecule has 0 aliphatic heterocycles. The minimum absolute atomic E-state index is 0.196. The Hall–Kier alpha value is -2.23. The van der Waals surface area contributed by atoms with E-state index < -0.39 is 0 Å². The van der Waals surface area contributed by atoms with Gasteiger partial charge in [0.25, 0.3) is 5.91 Å². The van der Waals surface area contributed by atoms with Crippen molar-refractivity contribution >= 4 is 11.6 Å². The topological polar surface area (TPSA) is 51.5 Å². The Morgan fingerprint density at radius 2 is 1.84 bits per heavy atom. The molecule has 1 aromatic heterocycles. The van der Waals surface area contributed by atoms with Crippen LogP contribution in [0.15, 0.2) is 47.3 Å². The minimum Gasteiger partial charge on any atom is -0.488 e. The number of amides is 1. The van der Waals surface area contributed by atoms with E-state index in [0.717, 1.165) is 5.75 Å². The molecule has 0 saturated heterocycles. The van der Waals surface area contributed by atoms with E-state index >= 15 is 0 Å². The fraction of sp³-hybridized carbons (Fsp3) is 0.267. The van der Waals surface area contributed by atoms with Crippen LogP contribution >= 0.6 is 0 Å². The number of hydrogen-bond donors (Lipinski definition) is 1. The van der Waals surface area contributed by atoms with Gasteiger partial charge in [-0.2, -0.15) is 0 Å². The number of carbonyl (C=O) groups is 1. The lowest BCUT2D eigenvalue weighted by molar-refractivity contribution is 0.102. The summed E-state index contributed by atoms with van der Waals surface area (Å²) >= 11 is 0. The summed E-state index contributed by atoms with van der Waals surface area (Å²) in [6.07, 6.45) is 2.88. The second-order valence-corrected chi connectivity index (χ2v) is 5.20. The SMILES string of the molecule is CC(C)(C)Oc1ccc(NC(=O)c2ccoc2)cc1. The van der Waals surface area contributed by atoms with Gasteiger partial charge in [0.2, 0.25) is 0 Å². The second kappa shape index (κ2) is 5.18. The summed E-state index contributed by atoms with van der Waals surface area (Å²) in [7, 11) is 0. The molecule has 0 unspecified atom stereocenters. The van der Waals surface area contributed by atoms with Crippen molar-refractivity contribution in [2.24, 2.45) is 0 Å². The molecule has 4 nitrogen and oxygen atoms in total. The monoisotopic (exact) mass is 259 g/mol. The molecule has 0 spiro atoms. The van der Waals surface area contributed by atoms with Gasteiger partial charge in [0.1, 0.15) is 17.6 Å². The molecule has 0 radical (unpaired) electrons. The van der Waals surface area contributed by atoms with Crippen molar-refractivity contribution in [3.8, 4) is 5.75 Å². The smallest absolute Gasteiger partial charge is 0.258 e. The Kier molecular flexibility index (Phi) is 3.60. The molecule has 0 aliphatic carbocycles. The molecule has 2 aromatic rings. The van der Waals surface area contributed by atoms with Crippen molar-refractivity contribution in [1.82, 2.24) is 0 Å². The highest BCUT2D eigenvalue weighted by Gasteiger charge is 2.12. The third kappa shape index (κ3) is 3.88. The molecular weight excluding hydrogens is 242 g/mol. The number of hydrogen-bond acceptors (Lipinski definition) is 3. The molecule has 1 heterocycles. The van der Waals surface area contributed by atoms with E-state index in [4.69, 9.17) is 9.15 Å². The Bertz CT molecular complexity index is 536. The van der Waals surface area contributed by atoms with E-state index in [1.807, 2.05) is 32.9 Å². The van der Waals surface area contributed by atoms with Gasteiger partial charge < -0.3 is 14.5 Å². The van der Waals surface area contributed by atoms with Crippen LogP contribution in [0.3, 0.4) is 0 Å². The van der Waals surface area contributed by atoms with Gasteiger partial charge in [0.05, 0.1) is 11.8 Å². The van der Waals surface area contributed by atoms with Crippen LogP contribution in [0.1, 0.15) is 31.1 Å². The number of furan rings is 1. The normalized spacial score (nSPS) is 11.1. The Morgan fingerprint density at radius 1 is 1.16 bits per heavy atom. The van der Waals surface area contributed by atoms with Gasteiger partial charge in [0, 0.05) is 5.69 Å². The quantitative estimate of drug-likeness (QED) is 0.914. The highest BCUT2D eigenvalue weighted by atomic mass is 16.5. The van der Waals surface area contributed by atoms with Gasteiger partial charge in [-0.1, -0.05) is 0 Å². The highest BCUT2D eigenvalue weighted by molar-refractivity contribution is 6.03. The minimum atomic E-state index is -0.235. The molecule has 0 atom stereocenters. The fourth-order valence-corrected chi connectivity index (χ4v) is 1.56. The Morgan fingerprint density at radius 3 is 2.37 bits per heavy atom. The zero-order valence-corrected chi connectivity index (χ0v) is 11.3. The van der Waals surface area contributed by atoms with Gasteiger partial charge in [-0.15, -0.1) is 0 Å². The van der Waals surface area contributed by atoms with Gasteiger partial charge >= 0.3 is 0 Å². The first-order chi connectivity index (χ1) is 8.94. The first-order valence-electron chi connectivity index (χ1n) is 6.07. The molecule has 100 valence electrons. The van der Waals surface area contributed by atoms with Crippen molar-refractivity contribution in [3.05, 3.63) is 48.4 Å². The maximum absolute atomic E-state index is 11.8. The summed E-state index contributed by atoms with van der Waals surface area (Å²) in [6, 6.07) is 8.89. The summed E-state index contributed by atoms with van der Waals surface area (Å²) in [4.78, 5) is 11.8. The Labute approximate surface area is 112 Å². The molecular formula is C15H17NO3. The molecule has 0 fully saturated rings. The van der Waals surface area contributed by atoms with E-state index in [0.29, 0.717) is 11.3 Å². The molecule has 19 heavy (non-hydrogen) atoms. The van der Waals surface area contributed by atoms with Gasteiger partial charge in [0.15, 0.2) is 0 Å². The summed E-state index contributed by atoms with van der Waals surface area (Å²) in [5.41, 5.74) is 0.976. The average Bonchev–Trinajstić information content (AvgIpc) is 2.83. The van der Waals surface area contributed by atoms with E-state index in [9.17, 15) is 4.79 Å². The van der Waals surface area contributed by atoms with Crippen molar-refractivity contribution < 1.29 is 13.9 Å². The zero-order valence-electron chi connectivity index (χ0n) is 11.3. The maximum atomic E-state index is 11.8. The number of ether oxygens (including phenoxy) is 1. The molecule has 1 amide bonds. The van der Waals surface area contributed by atoms with E-state index in [1.165, 1.54) is 12.5 Å². The van der Waals surface area contributed by atoms with E-state index in [-0.39, 0.29) is 11.5 Å². The predicted molar refractivity (Wildman–Crippen MR) is 73.5 cm³/mol. The molecule has 0 aliphatic rings. The van der Waals surface area contributed by atoms with Crippen LogP contribution in [0.5, 0.6) is 5.75 Å². The summed E-state index contributed by atoms with van der Waals surface area (Å²) in [5.74, 6) is 0.576.